The number of carbonyl (C=O) groups is 1. The van der Waals surface area contributed by atoms with Crippen molar-refractivity contribution in [2.45, 2.75) is 45.1 Å². The highest BCUT2D eigenvalue weighted by atomic mass is 32.1. The molecule has 5 heteroatoms. The number of carboxylic acids is 1. The van der Waals surface area contributed by atoms with Gasteiger partial charge in [-0.1, -0.05) is 6.92 Å². The molecule has 100 valence electrons. The molecule has 1 aliphatic carbocycles. The second-order valence-electron chi connectivity index (χ2n) is 4.80. The Morgan fingerprint density at radius 3 is 3.06 bits per heavy atom. The molecule has 0 aromatic carbocycles. The number of aliphatic carboxylic acids is 1. The van der Waals surface area contributed by atoms with E-state index in [1.807, 2.05) is 7.05 Å². The fourth-order valence-corrected chi connectivity index (χ4v) is 3.70. The topological polar surface area (TPSA) is 53.4 Å². The Hall–Kier alpha value is -0.940. The summed E-state index contributed by atoms with van der Waals surface area (Å²) in [4.78, 5) is 18.9. The number of hydrogen-bond acceptors (Lipinski definition) is 4. The van der Waals surface area contributed by atoms with Crippen molar-refractivity contribution in [2.75, 3.05) is 13.6 Å². The fourth-order valence-electron chi connectivity index (χ4n) is 2.45. The van der Waals surface area contributed by atoms with Gasteiger partial charge in [0.25, 0.3) is 0 Å². The molecule has 1 N–H and O–H groups in total. The maximum Gasteiger partial charge on any atom is 0.304 e. The summed E-state index contributed by atoms with van der Waals surface area (Å²) in [5, 5.41) is 9.97. The van der Waals surface area contributed by atoms with Crippen molar-refractivity contribution in [3.8, 4) is 0 Å². The zero-order valence-corrected chi connectivity index (χ0v) is 11.8. The summed E-state index contributed by atoms with van der Waals surface area (Å²) in [5.41, 5.74) is 1.25. The van der Waals surface area contributed by atoms with E-state index in [9.17, 15) is 4.79 Å². The molecule has 0 spiro atoms. The third-order valence-corrected chi connectivity index (χ3v) is 4.82. The second-order valence-corrected chi connectivity index (χ2v) is 5.92. The average Bonchev–Trinajstić information content (AvgIpc) is 2.78. The second kappa shape index (κ2) is 5.80. The van der Waals surface area contributed by atoms with Crippen molar-refractivity contribution in [1.82, 2.24) is 9.88 Å². The number of aromatic nitrogens is 1. The van der Waals surface area contributed by atoms with Crippen LogP contribution in [0.15, 0.2) is 0 Å². The van der Waals surface area contributed by atoms with Crippen molar-refractivity contribution in [1.29, 1.82) is 0 Å². The summed E-state index contributed by atoms with van der Waals surface area (Å²) in [5.74, 6) is -0.726. The number of aryl methyl sites for hydroxylation is 2. The first-order valence-electron chi connectivity index (χ1n) is 6.52. The predicted octanol–water partition coefficient (Wildman–Crippen LogP) is 2.49. The lowest BCUT2D eigenvalue weighted by Crippen LogP contribution is -2.29. The first-order valence-corrected chi connectivity index (χ1v) is 7.34. The summed E-state index contributed by atoms with van der Waals surface area (Å²) < 4.78 is 0. The molecule has 2 rings (SSSR count). The van der Waals surface area contributed by atoms with E-state index in [4.69, 9.17) is 5.11 Å². The summed E-state index contributed by atoms with van der Waals surface area (Å²) in [6.45, 7) is 2.74. The van der Waals surface area contributed by atoms with Crippen LogP contribution < -0.4 is 0 Å². The molecule has 0 saturated heterocycles. The molecule has 1 aliphatic rings. The highest BCUT2D eigenvalue weighted by molar-refractivity contribution is 7.11. The number of fused-ring (bicyclic) bond motifs is 1. The smallest absolute Gasteiger partial charge is 0.304 e. The van der Waals surface area contributed by atoms with Crippen LogP contribution in [0.1, 0.15) is 47.8 Å². The van der Waals surface area contributed by atoms with Crippen LogP contribution in [0.25, 0.3) is 0 Å². The van der Waals surface area contributed by atoms with Crippen LogP contribution in [0, 0.1) is 0 Å². The van der Waals surface area contributed by atoms with E-state index in [0.717, 1.165) is 25.7 Å². The Bertz CT molecular complexity index is 431. The molecular weight excluding hydrogens is 248 g/mol. The number of rotatable bonds is 5. The van der Waals surface area contributed by atoms with Crippen molar-refractivity contribution >= 4 is 17.3 Å². The van der Waals surface area contributed by atoms with Gasteiger partial charge in [-0.15, -0.1) is 11.3 Å². The Morgan fingerprint density at radius 2 is 2.39 bits per heavy atom. The van der Waals surface area contributed by atoms with Gasteiger partial charge in [0, 0.05) is 17.5 Å². The molecule has 1 heterocycles. The molecule has 0 radical (unpaired) electrons. The molecular formula is C13H20N2O2S. The van der Waals surface area contributed by atoms with Crippen molar-refractivity contribution < 1.29 is 9.90 Å². The van der Waals surface area contributed by atoms with Crippen molar-refractivity contribution in [2.24, 2.45) is 0 Å². The van der Waals surface area contributed by atoms with Crippen LogP contribution in [0.3, 0.4) is 0 Å². The largest absolute Gasteiger partial charge is 0.481 e. The average molecular weight is 268 g/mol. The van der Waals surface area contributed by atoms with Gasteiger partial charge < -0.3 is 5.11 Å². The zero-order chi connectivity index (χ0) is 13.1. The van der Waals surface area contributed by atoms with E-state index in [0.29, 0.717) is 12.6 Å². The Labute approximate surface area is 112 Å². The molecule has 1 aromatic heterocycles. The summed E-state index contributed by atoms with van der Waals surface area (Å²) >= 11 is 1.81. The molecule has 0 bridgehead atoms. The van der Waals surface area contributed by atoms with E-state index in [1.165, 1.54) is 15.6 Å². The monoisotopic (exact) mass is 268 g/mol. The number of hydrogen-bond donors (Lipinski definition) is 1. The Balaban J connectivity index is 2.11. The minimum Gasteiger partial charge on any atom is -0.481 e. The number of nitrogens with zero attached hydrogens (tertiary/aromatic N) is 2. The van der Waals surface area contributed by atoms with Crippen molar-refractivity contribution in [3.05, 3.63) is 15.6 Å². The van der Waals surface area contributed by atoms with Gasteiger partial charge in [0.05, 0.1) is 17.1 Å². The maximum absolute atomic E-state index is 10.6. The molecule has 1 unspecified atom stereocenters. The van der Waals surface area contributed by atoms with Crippen LogP contribution >= 0.6 is 11.3 Å². The predicted molar refractivity (Wildman–Crippen MR) is 72.1 cm³/mol. The third-order valence-electron chi connectivity index (χ3n) is 3.48. The number of thiazole rings is 1. The van der Waals surface area contributed by atoms with Crippen LogP contribution in [-0.4, -0.2) is 34.6 Å². The lowest BCUT2D eigenvalue weighted by molar-refractivity contribution is -0.137. The van der Waals surface area contributed by atoms with E-state index in [1.54, 1.807) is 11.3 Å². The molecule has 0 saturated carbocycles. The zero-order valence-electron chi connectivity index (χ0n) is 11.0. The Kier molecular flexibility index (Phi) is 4.35. The third kappa shape index (κ3) is 2.90. The minimum atomic E-state index is -0.726. The van der Waals surface area contributed by atoms with Gasteiger partial charge in [-0.3, -0.25) is 9.69 Å². The summed E-state index contributed by atoms with van der Waals surface area (Å²) in [7, 11) is 2.02. The fraction of sp³-hybridized carbons (Fsp3) is 0.692. The van der Waals surface area contributed by atoms with Gasteiger partial charge in [-0.05, 0) is 32.7 Å². The van der Waals surface area contributed by atoms with E-state index < -0.39 is 5.97 Å². The number of carboxylic acid groups (broad SMARTS) is 1. The highest BCUT2D eigenvalue weighted by Gasteiger charge is 2.27. The first-order chi connectivity index (χ1) is 8.61. The Morgan fingerprint density at radius 1 is 1.61 bits per heavy atom. The highest BCUT2D eigenvalue weighted by Crippen LogP contribution is 2.37. The van der Waals surface area contributed by atoms with Crippen molar-refractivity contribution in [3.63, 3.8) is 0 Å². The van der Waals surface area contributed by atoms with E-state index in [-0.39, 0.29) is 6.42 Å². The lowest BCUT2D eigenvalue weighted by Gasteiger charge is -2.30. The quantitative estimate of drug-likeness (QED) is 0.891. The molecule has 1 atom stereocenters. The minimum absolute atomic E-state index is 0.210. The molecule has 0 aliphatic heterocycles. The SMILES string of the molecule is CCc1nc2c(s1)C(N(C)CCC(=O)O)CCC2. The van der Waals surface area contributed by atoms with Gasteiger partial charge in [0.15, 0.2) is 0 Å². The molecule has 1 aromatic rings. The summed E-state index contributed by atoms with van der Waals surface area (Å²) in [6, 6.07) is 0.367. The lowest BCUT2D eigenvalue weighted by atomic mass is 9.97. The van der Waals surface area contributed by atoms with Crippen LogP contribution in [0.4, 0.5) is 0 Å². The molecule has 0 amide bonds. The molecule has 4 nitrogen and oxygen atoms in total. The van der Waals surface area contributed by atoms with E-state index >= 15 is 0 Å². The van der Waals surface area contributed by atoms with Gasteiger partial charge >= 0.3 is 5.97 Å². The normalized spacial score (nSPS) is 18.9. The summed E-state index contributed by atoms with van der Waals surface area (Å²) in [6.07, 6.45) is 4.55. The van der Waals surface area contributed by atoms with Gasteiger partial charge in [-0.25, -0.2) is 4.98 Å². The maximum atomic E-state index is 10.6. The first kappa shape index (κ1) is 13.5. The van der Waals surface area contributed by atoms with Crippen LogP contribution in [0.2, 0.25) is 0 Å². The van der Waals surface area contributed by atoms with Crippen LogP contribution in [-0.2, 0) is 17.6 Å². The van der Waals surface area contributed by atoms with Gasteiger partial charge in [0.2, 0.25) is 0 Å². The molecule has 18 heavy (non-hydrogen) atoms. The van der Waals surface area contributed by atoms with Gasteiger partial charge in [0.1, 0.15) is 0 Å². The van der Waals surface area contributed by atoms with Gasteiger partial charge in [-0.2, -0.15) is 0 Å². The molecule has 0 fully saturated rings. The van der Waals surface area contributed by atoms with E-state index in [2.05, 4.69) is 16.8 Å². The standard InChI is InChI=1S/C13H20N2O2S/c1-3-11-14-9-5-4-6-10(13(9)18-11)15(2)8-7-12(16)17/h10H,3-8H2,1-2H3,(H,16,17). The van der Waals surface area contributed by atoms with Crippen LogP contribution in [0.5, 0.6) is 0 Å².